The molecule has 3 N–H and O–H groups in total. The predicted molar refractivity (Wildman–Crippen MR) is 93.8 cm³/mol. The molecule has 1 heterocycles. The van der Waals surface area contributed by atoms with E-state index in [0.717, 1.165) is 24.8 Å². The number of rotatable bonds is 7. The molecule has 1 aromatic heterocycles. The number of hydrogen-bond acceptors (Lipinski definition) is 4. The van der Waals surface area contributed by atoms with Crippen LogP contribution in [0.1, 0.15) is 42.3 Å². The molecule has 0 aliphatic heterocycles. The Morgan fingerprint density at radius 2 is 2.04 bits per heavy atom. The predicted octanol–water partition coefficient (Wildman–Crippen LogP) is 3.32. The fourth-order valence-corrected chi connectivity index (χ4v) is 2.20. The molecule has 5 nitrogen and oxygen atoms in total. The molecule has 1 amide bonds. The maximum Gasteiger partial charge on any atom is 0.290 e. The highest BCUT2D eigenvalue weighted by molar-refractivity contribution is 5.92. The lowest BCUT2D eigenvalue weighted by atomic mass is 10.1. The number of aromatic nitrogens is 1. The van der Waals surface area contributed by atoms with Gasteiger partial charge in [-0.15, -0.1) is 12.4 Å². The van der Waals surface area contributed by atoms with Crippen molar-refractivity contribution in [2.75, 3.05) is 6.54 Å². The van der Waals surface area contributed by atoms with Crippen molar-refractivity contribution in [3.63, 3.8) is 0 Å². The number of unbranched alkanes of at least 4 members (excludes halogenated alkanes) is 1. The maximum absolute atomic E-state index is 12.2. The summed E-state index contributed by atoms with van der Waals surface area (Å²) < 4.78 is 5.16. The Labute approximate surface area is 143 Å². The summed E-state index contributed by atoms with van der Waals surface area (Å²) in [5, 5.41) is 6.86. The van der Waals surface area contributed by atoms with Gasteiger partial charge in [0.05, 0.1) is 0 Å². The third-order valence-electron chi connectivity index (χ3n) is 3.61. The van der Waals surface area contributed by atoms with Gasteiger partial charge in [-0.1, -0.05) is 54.8 Å². The van der Waals surface area contributed by atoms with Gasteiger partial charge in [-0.3, -0.25) is 4.79 Å². The minimum Gasteiger partial charge on any atom is -0.350 e. The number of nitrogens with two attached hydrogens (primary N) is 1. The minimum absolute atomic E-state index is 0. The topological polar surface area (TPSA) is 81.1 Å². The summed E-state index contributed by atoms with van der Waals surface area (Å²) in [5.41, 5.74) is 8.44. The molecule has 1 aromatic carbocycles. The van der Waals surface area contributed by atoms with E-state index >= 15 is 0 Å². The van der Waals surface area contributed by atoms with Crippen LogP contribution in [0.15, 0.2) is 34.9 Å². The second-order valence-electron chi connectivity index (χ2n) is 5.49. The van der Waals surface area contributed by atoms with Gasteiger partial charge in [0.15, 0.2) is 0 Å². The van der Waals surface area contributed by atoms with Gasteiger partial charge in [-0.2, -0.15) is 0 Å². The van der Waals surface area contributed by atoms with Gasteiger partial charge in [0.25, 0.3) is 5.91 Å². The fourth-order valence-electron chi connectivity index (χ4n) is 2.20. The Morgan fingerprint density at radius 3 is 2.65 bits per heavy atom. The summed E-state index contributed by atoms with van der Waals surface area (Å²) in [6.45, 7) is 4.55. The van der Waals surface area contributed by atoms with Crippen LogP contribution >= 0.6 is 12.4 Å². The number of amides is 1. The highest BCUT2D eigenvalue weighted by Crippen LogP contribution is 2.19. The monoisotopic (exact) mass is 337 g/mol. The van der Waals surface area contributed by atoms with E-state index in [2.05, 4.69) is 17.4 Å². The first-order chi connectivity index (χ1) is 10.6. The van der Waals surface area contributed by atoms with E-state index in [9.17, 15) is 4.79 Å². The third-order valence-corrected chi connectivity index (χ3v) is 3.61. The van der Waals surface area contributed by atoms with Crippen molar-refractivity contribution in [1.29, 1.82) is 0 Å². The van der Waals surface area contributed by atoms with Crippen LogP contribution in [0.4, 0.5) is 0 Å². The summed E-state index contributed by atoms with van der Waals surface area (Å²) in [7, 11) is 0. The van der Waals surface area contributed by atoms with Crippen molar-refractivity contribution in [3.05, 3.63) is 41.7 Å². The Kier molecular flexibility index (Phi) is 7.78. The van der Waals surface area contributed by atoms with Crippen LogP contribution in [0.5, 0.6) is 0 Å². The lowest BCUT2D eigenvalue weighted by Crippen LogP contribution is -2.40. The first-order valence-corrected chi connectivity index (χ1v) is 7.68. The molecule has 0 bridgehead atoms. The largest absolute Gasteiger partial charge is 0.350 e. The molecule has 1 unspecified atom stereocenters. The van der Waals surface area contributed by atoms with Crippen molar-refractivity contribution in [2.45, 2.75) is 39.2 Å². The number of aryl methyl sites for hydroxylation is 1. The number of nitrogens with one attached hydrogen (secondary N) is 1. The number of carbonyl (C=O) groups is 1. The third kappa shape index (κ3) is 5.37. The first-order valence-electron chi connectivity index (χ1n) is 7.68. The molecule has 6 heteroatoms. The van der Waals surface area contributed by atoms with E-state index in [0.29, 0.717) is 12.2 Å². The van der Waals surface area contributed by atoms with Gasteiger partial charge >= 0.3 is 0 Å². The van der Waals surface area contributed by atoms with E-state index in [4.69, 9.17) is 10.3 Å². The average Bonchev–Trinajstić information content (AvgIpc) is 3.02. The summed E-state index contributed by atoms with van der Waals surface area (Å²) >= 11 is 0. The summed E-state index contributed by atoms with van der Waals surface area (Å²) in [6.07, 6.45) is 2.98. The SMILES string of the molecule is CCCCC(CN)NC(=O)c1cc(-c2ccc(C)cc2)no1.Cl. The molecule has 23 heavy (non-hydrogen) atoms. The lowest BCUT2D eigenvalue weighted by molar-refractivity contribution is 0.0898. The van der Waals surface area contributed by atoms with Gasteiger partial charge in [0.2, 0.25) is 5.76 Å². The van der Waals surface area contributed by atoms with E-state index in [1.54, 1.807) is 6.07 Å². The van der Waals surface area contributed by atoms with Crippen LogP contribution in [-0.2, 0) is 0 Å². The van der Waals surface area contributed by atoms with Crippen molar-refractivity contribution >= 4 is 18.3 Å². The Hall–Kier alpha value is -1.85. The molecule has 0 saturated carbocycles. The minimum atomic E-state index is -0.266. The van der Waals surface area contributed by atoms with Gasteiger partial charge < -0.3 is 15.6 Å². The van der Waals surface area contributed by atoms with Crippen LogP contribution < -0.4 is 11.1 Å². The van der Waals surface area contributed by atoms with Crippen molar-refractivity contribution < 1.29 is 9.32 Å². The molecule has 2 aromatic rings. The van der Waals surface area contributed by atoms with E-state index < -0.39 is 0 Å². The highest BCUT2D eigenvalue weighted by Gasteiger charge is 2.17. The van der Waals surface area contributed by atoms with Gasteiger partial charge in [-0.25, -0.2) is 0 Å². The summed E-state index contributed by atoms with van der Waals surface area (Å²) in [4.78, 5) is 12.2. The molecule has 0 fully saturated rings. The van der Waals surface area contributed by atoms with Crippen molar-refractivity contribution in [3.8, 4) is 11.3 Å². The van der Waals surface area contributed by atoms with Crippen molar-refractivity contribution in [1.82, 2.24) is 10.5 Å². The zero-order chi connectivity index (χ0) is 15.9. The smallest absolute Gasteiger partial charge is 0.290 e. The number of benzene rings is 1. The maximum atomic E-state index is 12.2. The van der Waals surface area contributed by atoms with Crippen LogP contribution in [0, 0.1) is 6.92 Å². The zero-order valence-corrected chi connectivity index (χ0v) is 14.4. The molecular formula is C17H24ClN3O2. The van der Waals surface area contributed by atoms with Crippen LogP contribution in [-0.4, -0.2) is 23.7 Å². The molecule has 0 spiro atoms. The zero-order valence-electron chi connectivity index (χ0n) is 13.5. The molecule has 0 aliphatic rings. The number of halogens is 1. The van der Waals surface area contributed by atoms with Crippen LogP contribution in [0.3, 0.4) is 0 Å². The molecule has 0 radical (unpaired) electrons. The number of hydrogen-bond donors (Lipinski definition) is 2. The van der Waals surface area contributed by atoms with Crippen molar-refractivity contribution in [2.24, 2.45) is 5.73 Å². The quantitative estimate of drug-likeness (QED) is 0.812. The fraction of sp³-hybridized carbons (Fsp3) is 0.412. The molecule has 0 saturated heterocycles. The van der Waals surface area contributed by atoms with Gasteiger partial charge in [0, 0.05) is 24.2 Å². The molecule has 2 rings (SSSR count). The normalized spacial score (nSPS) is 11.6. The Morgan fingerprint density at radius 1 is 1.35 bits per heavy atom. The summed E-state index contributed by atoms with van der Waals surface area (Å²) in [5.74, 6) is -0.0528. The first kappa shape index (κ1) is 19.2. The van der Waals surface area contributed by atoms with E-state index in [1.807, 2.05) is 31.2 Å². The van der Waals surface area contributed by atoms with E-state index in [-0.39, 0.29) is 30.1 Å². The van der Waals surface area contributed by atoms with Gasteiger partial charge in [-0.05, 0) is 13.3 Å². The van der Waals surface area contributed by atoms with Crippen LogP contribution in [0.2, 0.25) is 0 Å². The Balaban J connectivity index is 0.00000264. The Bertz CT molecular complexity index is 611. The molecule has 126 valence electrons. The van der Waals surface area contributed by atoms with Gasteiger partial charge in [0.1, 0.15) is 5.69 Å². The number of carbonyl (C=O) groups excluding carboxylic acids is 1. The molecular weight excluding hydrogens is 314 g/mol. The number of nitrogens with zero attached hydrogens (tertiary/aromatic N) is 1. The average molecular weight is 338 g/mol. The lowest BCUT2D eigenvalue weighted by Gasteiger charge is -2.14. The van der Waals surface area contributed by atoms with E-state index in [1.165, 1.54) is 5.56 Å². The summed E-state index contributed by atoms with van der Waals surface area (Å²) in [6, 6.07) is 9.54. The second-order valence-corrected chi connectivity index (χ2v) is 5.49. The standard InChI is InChI=1S/C17H23N3O2.ClH/c1-3-4-5-14(11-18)19-17(21)16-10-15(20-22-16)13-8-6-12(2)7-9-13;/h6-10,14H,3-5,11,18H2,1-2H3,(H,19,21);1H. The van der Waals surface area contributed by atoms with Crippen LogP contribution in [0.25, 0.3) is 11.3 Å². The molecule has 0 aliphatic carbocycles. The second kappa shape index (κ2) is 9.33. The highest BCUT2D eigenvalue weighted by atomic mass is 35.5. The molecule has 1 atom stereocenters.